The third-order valence-corrected chi connectivity index (χ3v) is 7.79. The van der Waals surface area contributed by atoms with Crippen LogP contribution in [0.25, 0.3) is 0 Å². The van der Waals surface area contributed by atoms with E-state index in [-0.39, 0.29) is 47.7 Å². The number of carbonyl (C=O) groups is 3. The van der Waals surface area contributed by atoms with Crippen molar-refractivity contribution in [2.24, 2.45) is 23.7 Å². The number of nitrogens with one attached hydrogen (secondary N) is 1. The Kier molecular flexibility index (Phi) is 9.03. The highest BCUT2D eigenvalue weighted by molar-refractivity contribution is 6.11. The molecule has 7 nitrogen and oxygen atoms in total. The molecule has 1 saturated heterocycles. The molecule has 0 aromatic heterocycles. The van der Waals surface area contributed by atoms with Gasteiger partial charge in [-0.1, -0.05) is 63.3 Å². The third kappa shape index (κ3) is 5.85. The maximum Gasteiger partial charge on any atom is 0.248 e. The number of ether oxygens (including phenoxy) is 2. The lowest BCUT2D eigenvalue weighted by molar-refractivity contribution is -0.161. The second kappa shape index (κ2) is 11.6. The lowest BCUT2D eigenvalue weighted by Gasteiger charge is -2.34. The van der Waals surface area contributed by atoms with Crippen LogP contribution in [0.15, 0.2) is 53.6 Å². The standard InChI is InChI=1S/C29H39NO6/c1-17(27(32)29(4,34)16-23(35-5)36-6)11-10-14-21-25-24(18(2)19(3)26(21)31)22(30-28(25)33)15-20-12-8-7-9-13-20/h7-10,12-14,17-19,22-24,34H,11,15-16H2,1-6H3,(H,30,33). The Morgan fingerprint density at radius 2 is 1.81 bits per heavy atom. The fourth-order valence-corrected chi connectivity index (χ4v) is 5.48. The molecule has 6 unspecified atom stereocenters. The molecule has 36 heavy (non-hydrogen) atoms. The molecule has 1 amide bonds. The Bertz CT molecular complexity index is 1020. The second-order valence-corrected chi connectivity index (χ2v) is 10.4. The van der Waals surface area contributed by atoms with Crippen LogP contribution in [-0.2, 0) is 30.3 Å². The lowest BCUT2D eigenvalue weighted by atomic mass is 9.68. The highest BCUT2D eigenvalue weighted by atomic mass is 16.7. The van der Waals surface area contributed by atoms with Gasteiger partial charge in [0.2, 0.25) is 5.91 Å². The molecule has 1 aromatic rings. The molecule has 1 heterocycles. The summed E-state index contributed by atoms with van der Waals surface area (Å²) in [6, 6.07) is 9.95. The number of hydrogen-bond donors (Lipinski definition) is 2. The van der Waals surface area contributed by atoms with Gasteiger partial charge in [-0.3, -0.25) is 14.4 Å². The van der Waals surface area contributed by atoms with Gasteiger partial charge in [-0.15, -0.1) is 0 Å². The minimum absolute atomic E-state index is 0.0146. The summed E-state index contributed by atoms with van der Waals surface area (Å²) >= 11 is 0. The first-order valence-corrected chi connectivity index (χ1v) is 12.6. The smallest absolute Gasteiger partial charge is 0.248 e. The van der Waals surface area contributed by atoms with Gasteiger partial charge in [0.05, 0.1) is 0 Å². The molecule has 1 aromatic carbocycles. The van der Waals surface area contributed by atoms with Gasteiger partial charge < -0.3 is 19.9 Å². The van der Waals surface area contributed by atoms with Crippen LogP contribution in [0.2, 0.25) is 0 Å². The monoisotopic (exact) mass is 497 g/mol. The van der Waals surface area contributed by atoms with Crippen LogP contribution in [0.1, 0.15) is 46.1 Å². The van der Waals surface area contributed by atoms with Gasteiger partial charge in [0.1, 0.15) is 5.60 Å². The zero-order valence-electron chi connectivity index (χ0n) is 22.1. The largest absolute Gasteiger partial charge is 0.382 e. The number of hydrogen-bond acceptors (Lipinski definition) is 6. The Hall–Kier alpha value is -2.61. The summed E-state index contributed by atoms with van der Waals surface area (Å²) in [4.78, 5) is 39.2. The summed E-state index contributed by atoms with van der Waals surface area (Å²) in [5.41, 5.74) is 0.513. The minimum Gasteiger partial charge on any atom is -0.382 e. The van der Waals surface area contributed by atoms with Gasteiger partial charge in [-0.2, -0.15) is 0 Å². The Morgan fingerprint density at radius 1 is 1.17 bits per heavy atom. The zero-order chi connectivity index (χ0) is 26.6. The highest BCUT2D eigenvalue weighted by Gasteiger charge is 2.49. The first-order chi connectivity index (χ1) is 17.0. The molecule has 3 rings (SSSR count). The summed E-state index contributed by atoms with van der Waals surface area (Å²) in [5, 5.41) is 13.8. The molecular weight excluding hydrogens is 458 g/mol. The summed E-state index contributed by atoms with van der Waals surface area (Å²) in [7, 11) is 2.91. The fraction of sp³-hybridized carbons (Fsp3) is 0.552. The molecule has 0 spiro atoms. The summed E-state index contributed by atoms with van der Waals surface area (Å²) < 4.78 is 10.2. The molecule has 196 valence electrons. The summed E-state index contributed by atoms with van der Waals surface area (Å²) in [6.45, 7) is 7.16. The number of allylic oxidation sites excluding steroid dienone is 3. The summed E-state index contributed by atoms with van der Waals surface area (Å²) in [6.07, 6.45) is 3.81. The SMILES string of the molecule is COC(CC(C)(O)C(=O)C(C)CC=CC1=C2C(=O)NC(Cc3ccccc3)C2C(C)C(C)C1=O)OC. The number of aliphatic hydroxyl groups is 1. The molecule has 6 atom stereocenters. The molecule has 0 saturated carbocycles. The lowest BCUT2D eigenvalue weighted by Crippen LogP contribution is -2.42. The highest BCUT2D eigenvalue weighted by Crippen LogP contribution is 2.43. The average molecular weight is 498 g/mol. The van der Waals surface area contributed by atoms with E-state index < -0.39 is 17.8 Å². The zero-order valence-corrected chi connectivity index (χ0v) is 22.1. The first-order valence-electron chi connectivity index (χ1n) is 12.6. The van der Waals surface area contributed by atoms with E-state index in [0.29, 0.717) is 24.0 Å². The number of carbonyl (C=O) groups excluding carboxylic acids is 3. The van der Waals surface area contributed by atoms with Crippen LogP contribution < -0.4 is 5.32 Å². The van der Waals surface area contributed by atoms with Crippen LogP contribution in [0.3, 0.4) is 0 Å². The van der Waals surface area contributed by atoms with Gasteiger partial charge in [0, 0.05) is 55.6 Å². The van der Waals surface area contributed by atoms with Crippen molar-refractivity contribution in [1.82, 2.24) is 5.32 Å². The van der Waals surface area contributed by atoms with Gasteiger partial charge in [0.25, 0.3) is 0 Å². The van der Waals surface area contributed by atoms with Crippen molar-refractivity contribution < 1.29 is 29.0 Å². The predicted octanol–water partition coefficient (Wildman–Crippen LogP) is 3.41. The van der Waals surface area contributed by atoms with E-state index in [1.54, 1.807) is 19.1 Å². The minimum atomic E-state index is -1.61. The number of amides is 1. The number of ketones is 2. The molecule has 1 fully saturated rings. The number of methoxy groups -OCH3 is 2. The van der Waals surface area contributed by atoms with Crippen LogP contribution in [-0.4, -0.2) is 54.7 Å². The fourth-order valence-electron chi connectivity index (χ4n) is 5.48. The van der Waals surface area contributed by atoms with Gasteiger partial charge in [0.15, 0.2) is 17.9 Å². The molecule has 1 aliphatic heterocycles. The van der Waals surface area contributed by atoms with Crippen molar-refractivity contribution in [3.8, 4) is 0 Å². The Morgan fingerprint density at radius 3 is 2.42 bits per heavy atom. The van der Waals surface area contributed by atoms with E-state index in [9.17, 15) is 19.5 Å². The van der Waals surface area contributed by atoms with E-state index in [2.05, 4.69) is 5.32 Å². The molecule has 7 heteroatoms. The van der Waals surface area contributed by atoms with Gasteiger partial charge >= 0.3 is 0 Å². The second-order valence-electron chi connectivity index (χ2n) is 10.4. The number of rotatable bonds is 11. The molecule has 0 bridgehead atoms. The molecule has 2 aliphatic rings. The predicted molar refractivity (Wildman–Crippen MR) is 137 cm³/mol. The Labute approximate surface area is 213 Å². The third-order valence-electron chi connectivity index (χ3n) is 7.79. The Balaban J connectivity index is 1.79. The molecule has 2 N–H and O–H groups in total. The van der Waals surface area contributed by atoms with Crippen LogP contribution in [0, 0.1) is 23.7 Å². The normalized spacial score (nSPS) is 26.8. The number of benzene rings is 1. The van der Waals surface area contributed by atoms with E-state index in [4.69, 9.17) is 9.47 Å². The van der Waals surface area contributed by atoms with E-state index in [1.807, 2.05) is 44.2 Å². The van der Waals surface area contributed by atoms with Crippen molar-refractivity contribution >= 4 is 17.5 Å². The van der Waals surface area contributed by atoms with Crippen LogP contribution in [0.5, 0.6) is 0 Å². The van der Waals surface area contributed by atoms with Gasteiger partial charge in [-0.05, 0) is 31.2 Å². The van der Waals surface area contributed by atoms with E-state index in [1.165, 1.54) is 21.1 Å². The average Bonchev–Trinajstić information content (AvgIpc) is 3.18. The quantitative estimate of drug-likeness (QED) is 0.455. The molecule has 1 aliphatic carbocycles. The topological polar surface area (TPSA) is 102 Å². The molecular formula is C29H39NO6. The van der Waals surface area contributed by atoms with Crippen LogP contribution >= 0.6 is 0 Å². The van der Waals surface area contributed by atoms with Crippen molar-refractivity contribution in [3.63, 3.8) is 0 Å². The maximum absolute atomic E-state index is 13.2. The van der Waals surface area contributed by atoms with Crippen molar-refractivity contribution in [2.45, 2.75) is 64.9 Å². The van der Waals surface area contributed by atoms with E-state index in [0.717, 1.165) is 5.56 Å². The van der Waals surface area contributed by atoms with Crippen LogP contribution in [0.4, 0.5) is 0 Å². The van der Waals surface area contributed by atoms with Crippen molar-refractivity contribution in [3.05, 3.63) is 59.2 Å². The van der Waals surface area contributed by atoms with E-state index >= 15 is 0 Å². The number of Topliss-reactive ketones (excluding diaryl/α,β-unsaturated/α-hetero) is 2. The molecule has 0 radical (unpaired) electrons. The van der Waals surface area contributed by atoms with Crippen molar-refractivity contribution in [1.29, 1.82) is 0 Å². The van der Waals surface area contributed by atoms with Crippen molar-refractivity contribution in [2.75, 3.05) is 14.2 Å². The van der Waals surface area contributed by atoms with Gasteiger partial charge in [-0.25, -0.2) is 0 Å². The summed E-state index contributed by atoms with van der Waals surface area (Å²) in [5.74, 6) is -1.32. The first kappa shape index (κ1) is 28.0. The maximum atomic E-state index is 13.2. The number of fused-ring (bicyclic) bond motifs is 1.